The van der Waals surface area contributed by atoms with Gasteiger partial charge in [0.15, 0.2) is 0 Å². The van der Waals surface area contributed by atoms with Gasteiger partial charge in [0.25, 0.3) is 0 Å². The van der Waals surface area contributed by atoms with Gasteiger partial charge in [0.05, 0.1) is 15.7 Å². The number of hydrogen-bond donors (Lipinski definition) is 2. The third-order valence-electron chi connectivity index (χ3n) is 5.93. The molecule has 0 spiro atoms. The van der Waals surface area contributed by atoms with Crippen molar-refractivity contribution in [3.05, 3.63) is 70.1 Å². The first-order chi connectivity index (χ1) is 17.4. The Bertz CT molecular complexity index is 1370. The van der Waals surface area contributed by atoms with Crippen LogP contribution in [0.15, 0.2) is 54.6 Å². The van der Waals surface area contributed by atoms with Crippen molar-refractivity contribution in [2.45, 2.75) is 51.0 Å². The number of thiophene rings is 1. The van der Waals surface area contributed by atoms with Gasteiger partial charge in [0.2, 0.25) is 10.0 Å². The molecule has 0 saturated carbocycles. The van der Waals surface area contributed by atoms with E-state index in [1.807, 2.05) is 45.0 Å². The predicted molar refractivity (Wildman–Crippen MR) is 152 cm³/mol. The highest BCUT2D eigenvalue weighted by molar-refractivity contribution is 7.88. The first-order valence-electron chi connectivity index (χ1n) is 12.1. The summed E-state index contributed by atoms with van der Waals surface area (Å²) in [5.74, 6) is -0.442. The van der Waals surface area contributed by atoms with Gasteiger partial charge >= 0.3 is 5.97 Å². The number of rotatable bonds is 7. The van der Waals surface area contributed by atoms with E-state index in [0.29, 0.717) is 47.1 Å². The van der Waals surface area contributed by atoms with E-state index in [9.17, 15) is 13.2 Å². The molecule has 1 aliphatic rings. The monoisotopic (exact) mass is 561 g/mol. The van der Waals surface area contributed by atoms with Crippen molar-refractivity contribution in [1.29, 1.82) is 0 Å². The van der Waals surface area contributed by atoms with Gasteiger partial charge < -0.3 is 15.8 Å². The average molecular weight is 562 g/mol. The molecule has 1 saturated heterocycles. The van der Waals surface area contributed by atoms with Gasteiger partial charge in [-0.25, -0.2) is 17.5 Å². The van der Waals surface area contributed by atoms with E-state index in [4.69, 9.17) is 22.1 Å². The molecule has 0 radical (unpaired) electrons. The minimum atomic E-state index is -3.41. The Hall–Kier alpha value is -2.59. The first-order valence-corrected chi connectivity index (χ1v) is 14.9. The molecule has 3 aromatic rings. The number of anilines is 2. The molecule has 198 valence electrons. The Morgan fingerprint density at radius 2 is 1.84 bits per heavy atom. The summed E-state index contributed by atoms with van der Waals surface area (Å²) in [7, 11) is -3.41. The van der Waals surface area contributed by atoms with E-state index in [1.54, 1.807) is 34.6 Å². The summed E-state index contributed by atoms with van der Waals surface area (Å²) in [6.45, 7) is 6.40. The number of hydrogen-bond acceptors (Lipinski definition) is 7. The second-order valence-corrected chi connectivity index (χ2v) is 13.6. The fourth-order valence-corrected chi connectivity index (χ4v) is 7.12. The summed E-state index contributed by atoms with van der Waals surface area (Å²) in [6.07, 6.45) is 1.39. The molecule has 37 heavy (non-hydrogen) atoms. The molecule has 1 fully saturated rings. The van der Waals surface area contributed by atoms with Crippen LogP contribution in [0.4, 0.5) is 11.4 Å². The van der Waals surface area contributed by atoms with Crippen LogP contribution in [0.25, 0.3) is 10.4 Å². The van der Waals surface area contributed by atoms with Crippen molar-refractivity contribution in [3.63, 3.8) is 0 Å². The van der Waals surface area contributed by atoms with E-state index < -0.39 is 21.6 Å². The van der Waals surface area contributed by atoms with E-state index in [-0.39, 0.29) is 11.8 Å². The molecule has 3 N–H and O–H groups in total. The van der Waals surface area contributed by atoms with E-state index >= 15 is 0 Å². The van der Waals surface area contributed by atoms with Crippen molar-refractivity contribution < 1.29 is 17.9 Å². The number of ether oxygens (including phenoxy) is 1. The van der Waals surface area contributed by atoms with Gasteiger partial charge in [0.1, 0.15) is 10.5 Å². The Morgan fingerprint density at radius 1 is 1.14 bits per heavy atom. The fourth-order valence-electron chi connectivity index (χ4n) is 4.24. The molecule has 0 bridgehead atoms. The predicted octanol–water partition coefficient (Wildman–Crippen LogP) is 6.01. The number of carbonyl (C=O) groups is 1. The van der Waals surface area contributed by atoms with Gasteiger partial charge in [-0.2, -0.15) is 0 Å². The molecule has 0 unspecified atom stereocenters. The van der Waals surface area contributed by atoms with Gasteiger partial charge in [-0.3, -0.25) is 0 Å². The Labute approximate surface area is 227 Å². The zero-order chi connectivity index (χ0) is 26.8. The van der Waals surface area contributed by atoms with Gasteiger partial charge in [-0.15, -0.1) is 11.3 Å². The number of nitrogens with two attached hydrogens (primary N) is 1. The zero-order valence-corrected chi connectivity index (χ0v) is 23.5. The van der Waals surface area contributed by atoms with Crippen molar-refractivity contribution in [2.24, 2.45) is 0 Å². The number of sulfonamides is 1. The number of nitrogen functional groups attached to an aromatic ring is 1. The van der Waals surface area contributed by atoms with Crippen LogP contribution >= 0.6 is 22.9 Å². The second kappa shape index (κ2) is 11.0. The number of esters is 1. The fraction of sp³-hybridized carbons (Fsp3) is 0.370. The van der Waals surface area contributed by atoms with Crippen LogP contribution in [0, 0.1) is 0 Å². The van der Waals surface area contributed by atoms with E-state index in [0.717, 1.165) is 16.1 Å². The molecular weight excluding hydrogens is 530 g/mol. The molecule has 1 aliphatic heterocycles. The standard InChI is InChI=1S/C27H32ClN3O4S2/c1-27(2,3)35-26(32)24-16-23(28)25(36-24)19-7-5-9-22(15-19)30-21-10-12-31(13-11-21)37(33,34)17-18-6-4-8-20(29)14-18/h4-9,14-16,21,30H,10-13,17,29H2,1-3H3. The lowest BCUT2D eigenvalue weighted by Crippen LogP contribution is -2.42. The molecule has 1 aromatic heterocycles. The van der Waals surface area contributed by atoms with Crippen molar-refractivity contribution in [3.8, 4) is 10.4 Å². The van der Waals surface area contributed by atoms with Crippen LogP contribution < -0.4 is 11.1 Å². The molecule has 4 rings (SSSR count). The molecule has 0 amide bonds. The molecule has 7 nitrogen and oxygen atoms in total. The lowest BCUT2D eigenvalue weighted by atomic mass is 10.1. The number of benzene rings is 2. The maximum Gasteiger partial charge on any atom is 0.348 e. The summed E-state index contributed by atoms with van der Waals surface area (Å²) >= 11 is 7.78. The highest BCUT2D eigenvalue weighted by Gasteiger charge is 2.28. The van der Waals surface area contributed by atoms with Crippen molar-refractivity contribution in [1.82, 2.24) is 4.31 Å². The van der Waals surface area contributed by atoms with Crippen LogP contribution in [-0.2, 0) is 20.5 Å². The number of carbonyl (C=O) groups excluding carboxylic acids is 1. The zero-order valence-electron chi connectivity index (χ0n) is 21.2. The third kappa shape index (κ3) is 7.25. The van der Waals surface area contributed by atoms with Gasteiger partial charge in [-0.1, -0.05) is 35.9 Å². The lowest BCUT2D eigenvalue weighted by Gasteiger charge is -2.32. The maximum atomic E-state index is 12.9. The first kappa shape index (κ1) is 27.4. The number of piperidine rings is 1. The average Bonchev–Trinajstić information content (AvgIpc) is 3.20. The largest absolute Gasteiger partial charge is 0.456 e. The van der Waals surface area contributed by atoms with Crippen LogP contribution in [-0.4, -0.2) is 43.4 Å². The molecule has 0 atom stereocenters. The Kier molecular flexibility index (Phi) is 8.18. The number of nitrogens with zero attached hydrogens (tertiary/aromatic N) is 1. The summed E-state index contributed by atoms with van der Waals surface area (Å²) in [4.78, 5) is 13.7. The van der Waals surface area contributed by atoms with E-state index in [1.165, 1.54) is 11.3 Å². The van der Waals surface area contributed by atoms with Gasteiger partial charge in [0, 0.05) is 30.5 Å². The molecule has 2 aromatic carbocycles. The summed E-state index contributed by atoms with van der Waals surface area (Å²) in [6, 6.07) is 16.7. The maximum absolute atomic E-state index is 12.9. The molecule has 0 aliphatic carbocycles. The number of nitrogens with one attached hydrogen (secondary N) is 1. The molecule has 10 heteroatoms. The Morgan fingerprint density at radius 3 is 2.51 bits per heavy atom. The SMILES string of the molecule is CC(C)(C)OC(=O)c1cc(Cl)c(-c2cccc(NC3CCN(S(=O)(=O)Cc4cccc(N)c4)CC3)c2)s1. The van der Waals surface area contributed by atoms with Crippen LogP contribution in [0.3, 0.4) is 0 Å². The summed E-state index contributed by atoms with van der Waals surface area (Å²) < 4.78 is 32.9. The minimum absolute atomic E-state index is 0.0506. The van der Waals surface area contributed by atoms with Crippen LogP contribution in [0.1, 0.15) is 48.8 Å². The minimum Gasteiger partial charge on any atom is -0.456 e. The smallest absolute Gasteiger partial charge is 0.348 e. The van der Waals surface area contributed by atoms with Crippen molar-refractivity contribution >= 4 is 50.3 Å². The normalized spacial score (nSPS) is 15.5. The van der Waals surface area contributed by atoms with Crippen molar-refractivity contribution in [2.75, 3.05) is 24.1 Å². The summed E-state index contributed by atoms with van der Waals surface area (Å²) in [5, 5.41) is 4.03. The van der Waals surface area contributed by atoms with Gasteiger partial charge in [-0.05, 0) is 75.1 Å². The lowest BCUT2D eigenvalue weighted by molar-refractivity contribution is 0.00752. The second-order valence-electron chi connectivity index (χ2n) is 10.2. The molecule has 2 heterocycles. The topological polar surface area (TPSA) is 102 Å². The quantitative estimate of drug-likeness (QED) is 0.270. The number of halogens is 1. The highest BCUT2D eigenvalue weighted by atomic mass is 35.5. The van der Waals surface area contributed by atoms with Crippen LogP contribution in [0.5, 0.6) is 0 Å². The highest BCUT2D eigenvalue weighted by Crippen LogP contribution is 2.38. The molecular formula is C27H32ClN3O4S2. The van der Waals surface area contributed by atoms with Crippen LogP contribution in [0.2, 0.25) is 5.02 Å². The third-order valence-corrected chi connectivity index (χ3v) is 9.35. The van der Waals surface area contributed by atoms with E-state index in [2.05, 4.69) is 5.32 Å². The summed E-state index contributed by atoms with van der Waals surface area (Å²) in [5.41, 5.74) is 8.28. The Balaban J connectivity index is 1.38.